The molecule has 43 heavy (non-hydrogen) atoms. The SMILES string of the molecule is N=C(N)N1CCC[C@@H](CNC(=O)CC(NC(=O)COc2ccccc2)C(=O)N(CCNC(=O)c2cnccn2)C2CC2)C1. The quantitative estimate of drug-likeness (QED) is 0.146. The molecule has 0 radical (unpaired) electrons. The van der Waals surface area contributed by atoms with Crippen molar-refractivity contribution in [3.8, 4) is 5.75 Å². The third-order valence-corrected chi connectivity index (χ3v) is 7.29. The van der Waals surface area contributed by atoms with E-state index >= 15 is 0 Å². The van der Waals surface area contributed by atoms with E-state index in [0.29, 0.717) is 25.4 Å². The molecule has 2 atom stereocenters. The molecule has 1 saturated carbocycles. The van der Waals surface area contributed by atoms with E-state index in [-0.39, 0.29) is 55.6 Å². The minimum Gasteiger partial charge on any atom is -0.484 e. The summed E-state index contributed by atoms with van der Waals surface area (Å²) in [5, 5.41) is 16.0. The number of nitrogens with zero attached hydrogens (tertiary/aromatic N) is 4. The molecule has 14 heteroatoms. The first-order chi connectivity index (χ1) is 20.8. The van der Waals surface area contributed by atoms with Gasteiger partial charge in [-0.1, -0.05) is 18.2 Å². The number of hydrogen-bond donors (Lipinski definition) is 5. The number of nitrogens with two attached hydrogens (primary N) is 1. The Bertz CT molecular complexity index is 1260. The fourth-order valence-corrected chi connectivity index (χ4v) is 4.92. The Balaban J connectivity index is 1.36. The van der Waals surface area contributed by atoms with Gasteiger partial charge in [-0.3, -0.25) is 29.6 Å². The molecule has 1 aliphatic carbocycles. The van der Waals surface area contributed by atoms with Crippen molar-refractivity contribution >= 4 is 29.6 Å². The number of amides is 4. The maximum absolute atomic E-state index is 13.8. The monoisotopic (exact) mass is 593 g/mol. The molecule has 1 aliphatic heterocycles. The highest BCUT2D eigenvalue weighted by Crippen LogP contribution is 2.27. The van der Waals surface area contributed by atoms with Crippen molar-refractivity contribution in [1.82, 2.24) is 35.7 Å². The van der Waals surface area contributed by atoms with Crippen LogP contribution in [0.2, 0.25) is 0 Å². The number of para-hydroxylation sites is 1. The van der Waals surface area contributed by atoms with Crippen LogP contribution in [0.4, 0.5) is 0 Å². The van der Waals surface area contributed by atoms with E-state index in [4.69, 9.17) is 15.9 Å². The molecule has 1 aromatic carbocycles. The maximum Gasteiger partial charge on any atom is 0.271 e. The number of aromatic nitrogens is 2. The third-order valence-electron chi connectivity index (χ3n) is 7.29. The lowest BCUT2D eigenvalue weighted by molar-refractivity contribution is -0.139. The van der Waals surface area contributed by atoms with Crippen LogP contribution >= 0.6 is 0 Å². The molecular formula is C29H39N9O5. The molecular weight excluding hydrogens is 554 g/mol. The molecule has 2 aromatic rings. The molecule has 1 saturated heterocycles. The van der Waals surface area contributed by atoms with Crippen molar-refractivity contribution in [1.29, 1.82) is 5.41 Å². The van der Waals surface area contributed by atoms with E-state index in [9.17, 15) is 19.2 Å². The van der Waals surface area contributed by atoms with Gasteiger partial charge in [-0.25, -0.2) is 4.98 Å². The lowest BCUT2D eigenvalue weighted by Gasteiger charge is -2.33. The van der Waals surface area contributed by atoms with Crippen LogP contribution in [0.5, 0.6) is 5.75 Å². The summed E-state index contributed by atoms with van der Waals surface area (Å²) < 4.78 is 5.53. The highest BCUT2D eigenvalue weighted by molar-refractivity contribution is 5.93. The van der Waals surface area contributed by atoms with Crippen molar-refractivity contribution in [3.05, 3.63) is 54.6 Å². The van der Waals surface area contributed by atoms with E-state index in [0.717, 1.165) is 25.7 Å². The smallest absolute Gasteiger partial charge is 0.271 e. The Hall–Kier alpha value is -4.75. The normalized spacial score (nSPS) is 16.8. The van der Waals surface area contributed by atoms with Gasteiger partial charge >= 0.3 is 0 Å². The first-order valence-corrected chi connectivity index (χ1v) is 14.5. The predicted octanol–water partition coefficient (Wildman–Crippen LogP) is -0.127. The number of guanidine groups is 1. The number of piperidine rings is 1. The Morgan fingerprint density at radius 2 is 1.88 bits per heavy atom. The average molecular weight is 594 g/mol. The van der Waals surface area contributed by atoms with Crippen LogP contribution in [0.3, 0.4) is 0 Å². The largest absolute Gasteiger partial charge is 0.484 e. The van der Waals surface area contributed by atoms with Gasteiger partial charge in [0.05, 0.1) is 12.6 Å². The summed E-state index contributed by atoms with van der Waals surface area (Å²) in [6.45, 7) is 1.69. The maximum atomic E-state index is 13.8. The van der Waals surface area contributed by atoms with Gasteiger partial charge in [0.25, 0.3) is 11.8 Å². The molecule has 4 rings (SSSR count). The van der Waals surface area contributed by atoms with Crippen molar-refractivity contribution in [3.63, 3.8) is 0 Å². The number of carbonyl (C=O) groups is 4. The molecule has 1 unspecified atom stereocenters. The van der Waals surface area contributed by atoms with Gasteiger partial charge in [0.2, 0.25) is 11.8 Å². The number of benzene rings is 1. The van der Waals surface area contributed by atoms with Gasteiger partial charge in [0.1, 0.15) is 17.5 Å². The summed E-state index contributed by atoms with van der Waals surface area (Å²) >= 11 is 0. The van der Waals surface area contributed by atoms with Crippen molar-refractivity contribution in [2.24, 2.45) is 11.7 Å². The zero-order valence-electron chi connectivity index (χ0n) is 24.0. The van der Waals surface area contributed by atoms with Crippen LogP contribution in [0, 0.1) is 11.3 Å². The van der Waals surface area contributed by atoms with E-state index in [1.807, 2.05) is 6.07 Å². The van der Waals surface area contributed by atoms with Crippen molar-refractivity contribution in [2.75, 3.05) is 39.3 Å². The van der Waals surface area contributed by atoms with Crippen molar-refractivity contribution < 1.29 is 23.9 Å². The molecule has 14 nitrogen and oxygen atoms in total. The van der Waals surface area contributed by atoms with Crippen molar-refractivity contribution in [2.45, 2.75) is 44.2 Å². The zero-order valence-corrected chi connectivity index (χ0v) is 24.0. The molecule has 0 spiro atoms. The number of rotatable bonds is 14. The fraction of sp³-hybridized carbons (Fsp3) is 0.483. The summed E-state index contributed by atoms with van der Waals surface area (Å²) in [6.07, 6.45) is 7.32. The van der Waals surface area contributed by atoms with E-state index in [1.165, 1.54) is 18.6 Å². The fourth-order valence-electron chi connectivity index (χ4n) is 4.92. The molecule has 2 aliphatic rings. The molecule has 6 N–H and O–H groups in total. The predicted molar refractivity (Wildman–Crippen MR) is 157 cm³/mol. The van der Waals surface area contributed by atoms with E-state index in [1.54, 1.807) is 34.1 Å². The number of ether oxygens (including phenoxy) is 1. The Kier molecular flexibility index (Phi) is 11.2. The summed E-state index contributed by atoms with van der Waals surface area (Å²) in [7, 11) is 0. The van der Waals surface area contributed by atoms with E-state index < -0.39 is 23.8 Å². The molecule has 0 bridgehead atoms. The zero-order chi connectivity index (χ0) is 30.6. The van der Waals surface area contributed by atoms with Crippen LogP contribution < -0.4 is 26.4 Å². The standard InChI is InChI=1S/C29H39N9O5/c30-29(31)37-13-4-5-20(18-37)16-35-25(39)15-23(36-26(40)19-43-22-6-2-1-3-7-22)28(42)38(21-8-9-21)14-12-34-27(41)24-17-32-10-11-33-24/h1-3,6-7,10-11,17,20-21,23H,4-5,8-9,12-16,18-19H2,(H3,30,31)(H,34,41)(H,35,39)(H,36,40)/t20-,23?/m0/s1. The second kappa shape index (κ2) is 15.5. The summed E-state index contributed by atoms with van der Waals surface area (Å²) in [5.41, 5.74) is 5.79. The molecule has 2 heterocycles. The highest BCUT2D eigenvalue weighted by atomic mass is 16.5. The number of hydrogen-bond acceptors (Lipinski definition) is 8. The first-order valence-electron chi connectivity index (χ1n) is 14.5. The first kappa shape index (κ1) is 31.2. The Morgan fingerprint density at radius 3 is 2.58 bits per heavy atom. The average Bonchev–Trinajstić information content (AvgIpc) is 3.87. The van der Waals surface area contributed by atoms with Crippen LogP contribution in [-0.2, 0) is 14.4 Å². The van der Waals surface area contributed by atoms with E-state index in [2.05, 4.69) is 25.9 Å². The molecule has 230 valence electrons. The van der Waals surface area contributed by atoms with Gasteiger partial charge in [-0.05, 0) is 43.7 Å². The number of carbonyl (C=O) groups excluding carboxylic acids is 4. The Morgan fingerprint density at radius 1 is 1.09 bits per heavy atom. The second-order valence-electron chi connectivity index (χ2n) is 10.7. The number of nitrogens with one attached hydrogen (secondary N) is 4. The minimum atomic E-state index is -1.12. The molecule has 2 fully saturated rings. The van der Waals surface area contributed by atoms with Crippen LogP contribution in [-0.4, -0.2) is 101 Å². The van der Waals surface area contributed by atoms with Gasteiger partial charge < -0.3 is 36.2 Å². The van der Waals surface area contributed by atoms with Gasteiger partial charge in [-0.2, -0.15) is 0 Å². The lowest BCUT2D eigenvalue weighted by Crippen LogP contribution is -2.53. The van der Waals surface area contributed by atoms with Gasteiger partial charge in [-0.15, -0.1) is 0 Å². The van der Waals surface area contributed by atoms with Crippen LogP contribution in [0.25, 0.3) is 0 Å². The summed E-state index contributed by atoms with van der Waals surface area (Å²) in [6, 6.07) is 7.66. The Labute approximate surface area is 250 Å². The van der Waals surface area contributed by atoms with Gasteiger partial charge in [0.15, 0.2) is 12.6 Å². The van der Waals surface area contributed by atoms with Crippen LogP contribution in [0.15, 0.2) is 48.9 Å². The molecule has 1 aromatic heterocycles. The topological polar surface area (TPSA) is 196 Å². The second-order valence-corrected chi connectivity index (χ2v) is 10.7. The number of likely N-dealkylation sites (tertiary alicyclic amines) is 1. The minimum absolute atomic E-state index is 0.00942. The summed E-state index contributed by atoms with van der Waals surface area (Å²) in [4.78, 5) is 63.3. The summed E-state index contributed by atoms with van der Waals surface area (Å²) in [5.74, 6) is -1.10. The highest BCUT2D eigenvalue weighted by Gasteiger charge is 2.37. The van der Waals surface area contributed by atoms with Gasteiger partial charge in [0, 0.05) is 51.2 Å². The molecule has 4 amide bonds. The van der Waals surface area contributed by atoms with Crippen LogP contribution in [0.1, 0.15) is 42.6 Å². The third kappa shape index (κ3) is 9.94. The lowest BCUT2D eigenvalue weighted by atomic mass is 9.98.